The molecule has 1 fully saturated rings. The van der Waals surface area contributed by atoms with Gasteiger partial charge in [-0.2, -0.15) is 0 Å². The van der Waals surface area contributed by atoms with Gasteiger partial charge in [-0.15, -0.1) is 0 Å². The Bertz CT molecular complexity index is 521. The minimum atomic E-state index is 0.0429. The summed E-state index contributed by atoms with van der Waals surface area (Å²) in [5.74, 6) is 0.0429. The van der Waals surface area contributed by atoms with Crippen LogP contribution in [-0.4, -0.2) is 66.2 Å². The Morgan fingerprint density at radius 1 is 1.26 bits per heavy atom. The number of aliphatic hydroxyl groups is 1. The average Bonchev–Trinajstić information content (AvgIpc) is 2.54. The molecule has 5 nitrogen and oxygen atoms in total. The predicted molar refractivity (Wildman–Crippen MR) is 93.7 cm³/mol. The van der Waals surface area contributed by atoms with Crippen molar-refractivity contribution in [3.63, 3.8) is 0 Å². The zero-order chi connectivity index (χ0) is 16.8. The number of carbonyl (C=O) groups is 1. The summed E-state index contributed by atoms with van der Waals surface area (Å²) in [4.78, 5) is 16.8. The molecule has 0 aromatic heterocycles. The summed E-state index contributed by atoms with van der Waals surface area (Å²) in [5, 5.41) is 12.4. The van der Waals surface area contributed by atoms with Crippen LogP contribution in [0.3, 0.4) is 0 Å². The van der Waals surface area contributed by atoms with E-state index in [-0.39, 0.29) is 18.6 Å². The van der Waals surface area contributed by atoms with Gasteiger partial charge in [-0.05, 0) is 37.5 Å². The number of nitrogens with one attached hydrogen (secondary N) is 1. The van der Waals surface area contributed by atoms with Crippen LogP contribution >= 0.6 is 0 Å². The van der Waals surface area contributed by atoms with Gasteiger partial charge in [0.1, 0.15) is 0 Å². The Morgan fingerprint density at radius 2 is 1.96 bits per heavy atom. The number of hydrogen-bond donors (Lipinski definition) is 2. The lowest BCUT2D eigenvalue weighted by molar-refractivity contribution is -0.117. The number of benzene rings is 1. The highest BCUT2D eigenvalue weighted by atomic mass is 16.3. The van der Waals surface area contributed by atoms with Crippen LogP contribution in [0.5, 0.6) is 0 Å². The van der Waals surface area contributed by atoms with Crippen LogP contribution in [0.2, 0.25) is 0 Å². The maximum atomic E-state index is 12.3. The number of amides is 1. The molecule has 1 amide bonds. The van der Waals surface area contributed by atoms with Crippen molar-refractivity contribution in [2.45, 2.75) is 33.2 Å². The van der Waals surface area contributed by atoms with Crippen molar-refractivity contribution in [2.75, 3.05) is 44.6 Å². The van der Waals surface area contributed by atoms with Gasteiger partial charge in [0.15, 0.2) is 0 Å². The van der Waals surface area contributed by atoms with E-state index in [1.807, 2.05) is 19.1 Å². The molecule has 2 rings (SSSR count). The van der Waals surface area contributed by atoms with Crippen LogP contribution in [-0.2, 0) is 4.79 Å². The molecule has 1 aromatic carbocycles. The molecule has 0 aliphatic carbocycles. The van der Waals surface area contributed by atoms with Gasteiger partial charge in [-0.25, -0.2) is 0 Å². The Kier molecular flexibility index (Phi) is 6.57. The summed E-state index contributed by atoms with van der Waals surface area (Å²) in [5.41, 5.74) is 3.21. The van der Waals surface area contributed by atoms with Gasteiger partial charge in [-0.3, -0.25) is 14.6 Å². The first kappa shape index (κ1) is 17.9. The standard InChI is InChI=1S/C18H29N3O2/c1-4-16(13-22)21-10-8-20(9-11-21)12-18(23)19-17-7-5-6-14(2)15(17)3/h5-7,16,22H,4,8-13H2,1-3H3,(H,19,23). The summed E-state index contributed by atoms with van der Waals surface area (Å²) in [6.07, 6.45) is 0.962. The second-order valence-electron chi connectivity index (χ2n) is 6.35. The minimum Gasteiger partial charge on any atom is -0.395 e. The van der Waals surface area contributed by atoms with E-state index in [0.717, 1.165) is 43.9 Å². The Labute approximate surface area is 139 Å². The summed E-state index contributed by atoms with van der Waals surface area (Å²) < 4.78 is 0. The van der Waals surface area contributed by atoms with Crippen molar-refractivity contribution >= 4 is 11.6 Å². The fourth-order valence-corrected chi connectivity index (χ4v) is 3.07. The van der Waals surface area contributed by atoms with E-state index in [1.165, 1.54) is 5.56 Å². The van der Waals surface area contributed by atoms with E-state index in [4.69, 9.17) is 0 Å². The highest BCUT2D eigenvalue weighted by Gasteiger charge is 2.23. The van der Waals surface area contributed by atoms with Gasteiger partial charge < -0.3 is 10.4 Å². The van der Waals surface area contributed by atoms with Crippen LogP contribution in [0, 0.1) is 13.8 Å². The zero-order valence-electron chi connectivity index (χ0n) is 14.5. The number of aryl methyl sites for hydroxylation is 1. The first-order valence-electron chi connectivity index (χ1n) is 8.48. The Hall–Kier alpha value is -1.43. The molecular weight excluding hydrogens is 290 g/mol. The molecule has 2 N–H and O–H groups in total. The Morgan fingerprint density at radius 3 is 2.57 bits per heavy atom. The normalized spacial score (nSPS) is 17.9. The smallest absolute Gasteiger partial charge is 0.238 e. The lowest BCUT2D eigenvalue weighted by atomic mass is 10.1. The van der Waals surface area contributed by atoms with Gasteiger partial charge >= 0.3 is 0 Å². The molecule has 0 radical (unpaired) electrons. The van der Waals surface area contributed by atoms with E-state index >= 15 is 0 Å². The molecule has 128 valence electrons. The molecule has 1 heterocycles. The van der Waals surface area contributed by atoms with Crippen LogP contribution in [0.4, 0.5) is 5.69 Å². The highest BCUT2D eigenvalue weighted by Crippen LogP contribution is 2.18. The third kappa shape index (κ3) is 4.77. The second kappa shape index (κ2) is 8.43. The fraction of sp³-hybridized carbons (Fsp3) is 0.611. The van der Waals surface area contributed by atoms with Crippen LogP contribution in [0.1, 0.15) is 24.5 Å². The number of hydrogen-bond acceptors (Lipinski definition) is 4. The molecule has 0 bridgehead atoms. The van der Waals surface area contributed by atoms with Crippen molar-refractivity contribution in [2.24, 2.45) is 0 Å². The minimum absolute atomic E-state index is 0.0429. The van der Waals surface area contributed by atoms with Crippen molar-refractivity contribution in [3.05, 3.63) is 29.3 Å². The third-order valence-corrected chi connectivity index (χ3v) is 4.85. The van der Waals surface area contributed by atoms with Crippen molar-refractivity contribution in [1.82, 2.24) is 9.80 Å². The van der Waals surface area contributed by atoms with E-state index in [2.05, 4.69) is 35.0 Å². The molecular formula is C18H29N3O2. The lowest BCUT2D eigenvalue weighted by Gasteiger charge is -2.38. The highest BCUT2D eigenvalue weighted by molar-refractivity contribution is 5.93. The van der Waals surface area contributed by atoms with Crippen LogP contribution in [0.25, 0.3) is 0 Å². The largest absolute Gasteiger partial charge is 0.395 e. The lowest BCUT2D eigenvalue weighted by Crippen LogP contribution is -2.52. The van der Waals surface area contributed by atoms with E-state index in [9.17, 15) is 9.90 Å². The van der Waals surface area contributed by atoms with Gasteiger partial charge in [0.2, 0.25) is 5.91 Å². The molecule has 1 unspecified atom stereocenters. The number of nitrogens with zero attached hydrogens (tertiary/aromatic N) is 2. The topological polar surface area (TPSA) is 55.8 Å². The number of anilines is 1. The maximum Gasteiger partial charge on any atom is 0.238 e. The SMILES string of the molecule is CCC(CO)N1CCN(CC(=O)Nc2cccc(C)c2C)CC1. The number of rotatable bonds is 6. The molecule has 0 spiro atoms. The Balaban J connectivity index is 1.82. The molecule has 0 saturated carbocycles. The molecule has 1 saturated heterocycles. The molecule has 1 aliphatic heterocycles. The maximum absolute atomic E-state index is 12.3. The van der Waals surface area contributed by atoms with E-state index < -0.39 is 0 Å². The number of aliphatic hydroxyl groups excluding tert-OH is 1. The second-order valence-corrected chi connectivity index (χ2v) is 6.35. The fourth-order valence-electron chi connectivity index (χ4n) is 3.07. The van der Waals surface area contributed by atoms with Crippen molar-refractivity contribution in [3.8, 4) is 0 Å². The summed E-state index contributed by atoms with van der Waals surface area (Å²) >= 11 is 0. The monoisotopic (exact) mass is 319 g/mol. The van der Waals surface area contributed by atoms with E-state index in [1.54, 1.807) is 0 Å². The van der Waals surface area contributed by atoms with Crippen molar-refractivity contribution < 1.29 is 9.90 Å². The van der Waals surface area contributed by atoms with Crippen LogP contribution < -0.4 is 5.32 Å². The number of carbonyl (C=O) groups excluding carboxylic acids is 1. The molecule has 1 atom stereocenters. The molecule has 23 heavy (non-hydrogen) atoms. The summed E-state index contributed by atoms with van der Waals surface area (Å²) in [7, 11) is 0. The first-order chi connectivity index (χ1) is 11.0. The molecule has 5 heteroatoms. The number of piperazine rings is 1. The molecule has 1 aliphatic rings. The quantitative estimate of drug-likeness (QED) is 0.837. The zero-order valence-corrected chi connectivity index (χ0v) is 14.5. The summed E-state index contributed by atoms with van der Waals surface area (Å²) in [6, 6.07) is 6.22. The predicted octanol–water partition coefficient (Wildman–Crippen LogP) is 1.63. The first-order valence-corrected chi connectivity index (χ1v) is 8.48. The average molecular weight is 319 g/mol. The van der Waals surface area contributed by atoms with Gasteiger partial charge in [-0.1, -0.05) is 19.1 Å². The van der Waals surface area contributed by atoms with Crippen LogP contribution in [0.15, 0.2) is 18.2 Å². The van der Waals surface area contributed by atoms with E-state index in [0.29, 0.717) is 6.54 Å². The van der Waals surface area contributed by atoms with Crippen molar-refractivity contribution in [1.29, 1.82) is 0 Å². The van der Waals surface area contributed by atoms with Gasteiger partial charge in [0.25, 0.3) is 0 Å². The third-order valence-electron chi connectivity index (χ3n) is 4.85. The summed E-state index contributed by atoms with van der Waals surface area (Å²) in [6.45, 7) is 10.4. The van der Waals surface area contributed by atoms with Gasteiger partial charge in [0.05, 0.1) is 13.2 Å². The van der Waals surface area contributed by atoms with Gasteiger partial charge in [0, 0.05) is 37.9 Å². The molecule has 1 aromatic rings.